The first-order chi connectivity index (χ1) is 13.0. The molecule has 0 bridgehead atoms. The standard InChI is InChI=1S/C20H13Cl2N3OS/c21-16-7-6-14(18(22)10-16)9-15(11-23)19(26)25-20-24-12-17(27-20)8-13-4-2-1-3-5-13/h1-7,9-10,12H,8H2,(H,24,25,26). The first kappa shape index (κ1) is 19.1. The normalized spacial score (nSPS) is 11.1. The summed E-state index contributed by atoms with van der Waals surface area (Å²) in [4.78, 5) is 17.6. The van der Waals surface area contributed by atoms with Crippen LogP contribution in [0.15, 0.2) is 60.3 Å². The molecule has 2 aromatic carbocycles. The monoisotopic (exact) mass is 413 g/mol. The number of amides is 1. The largest absolute Gasteiger partial charge is 0.297 e. The zero-order valence-electron chi connectivity index (χ0n) is 13.9. The van der Waals surface area contributed by atoms with Gasteiger partial charge in [-0.2, -0.15) is 5.26 Å². The number of thiazole rings is 1. The van der Waals surface area contributed by atoms with Gasteiger partial charge in [0.15, 0.2) is 5.13 Å². The Bertz CT molecular complexity index is 1040. The van der Waals surface area contributed by atoms with Crippen LogP contribution in [-0.2, 0) is 11.2 Å². The maximum Gasteiger partial charge on any atom is 0.268 e. The van der Waals surface area contributed by atoms with Gasteiger partial charge in [-0.15, -0.1) is 11.3 Å². The average molecular weight is 414 g/mol. The summed E-state index contributed by atoms with van der Waals surface area (Å²) in [5.41, 5.74) is 1.63. The van der Waals surface area contributed by atoms with E-state index in [-0.39, 0.29) is 5.57 Å². The summed E-state index contributed by atoms with van der Waals surface area (Å²) in [6.45, 7) is 0. The van der Waals surface area contributed by atoms with Crippen LogP contribution in [0.3, 0.4) is 0 Å². The Hall–Kier alpha value is -2.65. The zero-order chi connectivity index (χ0) is 19.2. The van der Waals surface area contributed by atoms with Crippen molar-refractivity contribution in [2.45, 2.75) is 6.42 Å². The highest BCUT2D eigenvalue weighted by molar-refractivity contribution is 7.15. The molecule has 1 N–H and O–H groups in total. The molecule has 7 heteroatoms. The zero-order valence-corrected chi connectivity index (χ0v) is 16.3. The minimum absolute atomic E-state index is 0.0703. The molecule has 1 amide bonds. The lowest BCUT2D eigenvalue weighted by molar-refractivity contribution is -0.112. The van der Waals surface area contributed by atoms with Gasteiger partial charge in [0.2, 0.25) is 0 Å². The van der Waals surface area contributed by atoms with Crippen molar-refractivity contribution < 1.29 is 4.79 Å². The van der Waals surface area contributed by atoms with E-state index in [4.69, 9.17) is 23.2 Å². The fourth-order valence-corrected chi connectivity index (χ4v) is 3.64. The van der Waals surface area contributed by atoms with Gasteiger partial charge in [-0.05, 0) is 29.3 Å². The number of aromatic nitrogens is 1. The molecule has 0 aliphatic rings. The number of carbonyl (C=O) groups excluding carboxylic acids is 1. The summed E-state index contributed by atoms with van der Waals surface area (Å²) in [6, 6.07) is 16.7. The minimum atomic E-state index is -0.538. The third-order valence-corrected chi connectivity index (χ3v) is 5.10. The summed E-state index contributed by atoms with van der Waals surface area (Å²) in [6.07, 6.45) is 3.88. The van der Waals surface area contributed by atoms with Crippen molar-refractivity contribution in [2.24, 2.45) is 0 Å². The highest BCUT2D eigenvalue weighted by atomic mass is 35.5. The topological polar surface area (TPSA) is 65.8 Å². The molecule has 0 atom stereocenters. The van der Waals surface area contributed by atoms with Crippen LogP contribution in [0.25, 0.3) is 6.08 Å². The first-order valence-corrected chi connectivity index (χ1v) is 9.49. The number of halogens is 2. The molecule has 27 heavy (non-hydrogen) atoms. The second kappa shape index (κ2) is 8.83. The van der Waals surface area contributed by atoms with Crippen LogP contribution < -0.4 is 5.32 Å². The van der Waals surface area contributed by atoms with E-state index in [1.165, 1.54) is 17.4 Å². The summed E-state index contributed by atoms with van der Waals surface area (Å²) in [7, 11) is 0. The number of anilines is 1. The predicted molar refractivity (Wildman–Crippen MR) is 110 cm³/mol. The first-order valence-electron chi connectivity index (χ1n) is 7.92. The van der Waals surface area contributed by atoms with Gasteiger partial charge in [0.05, 0.1) is 0 Å². The molecule has 0 radical (unpaired) electrons. The minimum Gasteiger partial charge on any atom is -0.297 e. The van der Waals surface area contributed by atoms with Crippen molar-refractivity contribution in [1.29, 1.82) is 5.26 Å². The molecular formula is C20H13Cl2N3OS. The van der Waals surface area contributed by atoms with Crippen LogP contribution in [0.1, 0.15) is 16.0 Å². The van der Waals surface area contributed by atoms with Crippen LogP contribution in [-0.4, -0.2) is 10.9 Å². The molecule has 0 spiro atoms. The van der Waals surface area contributed by atoms with Gasteiger partial charge in [0.25, 0.3) is 5.91 Å². The van der Waals surface area contributed by atoms with E-state index in [0.29, 0.717) is 20.7 Å². The van der Waals surface area contributed by atoms with E-state index in [1.54, 1.807) is 24.4 Å². The number of nitriles is 1. The fourth-order valence-electron chi connectivity index (χ4n) is 2.33. The molecule has 1 heterocycles. The van der Waals surface area contributed by atoms with Crippen molar-refractivity contribution in [3.8, 4) is 6.07 Å². The summed E-state index contributed by atoms with van der Waals surface area (Å²) in [5, 5.41) is 13.3. The predicted octanol–water partition coefficient (Wildman–Crippen LogP) is 5.59. The van der Waals surface area contributed by atoms with Crippen molar-refractivity contribution in [3.63, 3.8) is 0 Å². The summed E-state index contributed by atoms with van der Waals surface area (Å²) < 4.78 is 0. The van der Waals surface area contributed by atoms with Crippen LogP contribution in [0, 0.1) is 11.3 Å². The Morgan fingerprint density at radius 2 is 2.00 bits per heavy atom. The van der Waals surface area contributed by atoms with Crippen LogP contribution in [0.2, 0.25) is 10.0 Å². The van der Waals surface area contributed by atoms with E-state index in [2.05, 4.69) is 10.3 Å². The molecule has 0 saturated heterocycles. The van der Waals surface area contributed by atoms with E-state index in [0.717, 1.165) is 16.9 Å². The SMILES string of the molecule is N#CC(=Cc1ccc(Cl)cc1Cl)C(=O)Nc1ncc(Cc2ccccc2)s1. The van der Waals surface area contributed by atoms with Gasteiger partial charge in [-0.25, -0.2) is 4.98 Å². The molecule has 134 valence electrons. The number of hydrogen-bond donors (Lipinski definition) is 1. The maximum absolute atomic E-state index is 12.4. The second-order valence-electron chi connectivity index (χ2n) is 5.58. The lowest BCUT2D eigenvalue weighted by Crippen LogP contribution is -2.13. The quantitative estimate of drug-likeness (QED) is 0.438. The average Bonchev–Trinajstić information content (AvgIpc) is 3.08. The van der Waals surface area contributed by atoms with Gasteiger partial charge >= 0.3 is 0 Å². The number of rotatable bonds is 5. The number of hydrogen-bond acceptors (Lipinski definition) is 4. The van der Waals surface area contributed by atoms with Gasteiger partial charge in [-0.3, -0.25) is 10.1 Å². The molecular weight excluding hydrogens is 401 g/mol. The molecule has 0 unspecified atom stereocenters. The van der Waals surface area contributed by atoms with Crippen LogP contribution >= 0.6 is 34.5 Å². The van der Waals surface area contributed by atoms with Crippen molar-refractivity contribution in [1.82, 2.24) is 4.98 Å². The molecule has 0 aliphatic heterocycles. The van der Waals surface area contributed by atoms with E-state index in [1.807, 2.05) is 36.4 Å². The lowest BCUT2D eigenvalue weighted by atomic mass is 10.1. The van der Waals surface area contributed by atoms with E-state index < -0.39 is 5.91 Å². The number of benzene rings is 2. The summed E-state index contributed by atoms with van der Waals surface area (Å²) in [5.74, 6) is -0.538. The van der Waals surface area contributed by atoms with Gasteiger partial charge in [-0.1, -0.05) is 59.6 Å². The third kappa shape index (κ3) is 5.18. The Kier molecular flexibility index (Phi) is 6.25. The highest BCUT2D eigenvalue weighted by Crippen LogP contribution is 2.24. The Balaban J connectivity index is 1.72. The van der Waals surface area contributed by atoms with Crippen molar-refractivity contribution in [2.75, 3.05) is 5.32 Å². The molecule has 1 aromatic heterocycles. The second-order valence-corrected chi connectivity index (χ2v) is 7.54. The number of nitrogens with one attached hydrogen (secondary N) is 1. The van der Waals surface area contributed by atoms with Gasteiger partial charge < -0.3 is 0 Å². The molecule has 0 fully saturated rings. The fraction of sp³-hybridized carbons (Fsp3) is 0.0500. The molecule has 3 aromatic rings. The lowest BCUT2D eigenvalue weighted by Gasteiger charge is -2.02. The number of carbonyl (C=O) groups is 1. The van der Waals surface area contributed by atoms with E-state index >= 15 is 0 Å². The van der Waals surface area contributed by atoms with Crippen molar-refractivity contribution >= 4 is 51.7 Å². The summed E-state index contributed by atoms with van der Waals surface area (Å²) >= 11 is 13.3. The van der Waals surface area contributed by atoms with Crippen LogP contribution in [0.5, 0.6) is 0 Å². The van der Waals surface area contributed by atoms with E-state index in [9.17, 15) is 10.1 Å². The van der Waals surface area contributed by atoms with Crippen LogP contribution in [0.4, 0.5) is 5.13 Å². The molecule has 3 rings (SSSR count). The highest BCUT2D eigenvalue weighted by Gasteiger charge is 2.13. The van der Waals surface area contributed by atoms with Gasteiger partial charge in [0.1, 0.15) is 11.6 Å². The maximum atomic E-state index is 12.4. The Morgan fingerprint density at radius 1 is 1.22 bits per heavy atom. The molecule has 0 aliphatic carbocycles. The Morgan fingerprint density at radius 3 is 2.70 bits per heavy atom. The number of nitrogens with zero attached hydrogens (tertiary/aromatic N) is 2. The van der Waals surface area contributed by atoms with Gasteiger partial charge in [0, 0.05) is 27.5 Å². The third-order valence-electron chi connectivity index (χ3n) is 3.62. The molecule has 4 nitrogen and oxygen atoms in total. The Labute approximate surface area is 170 Å². The van der Waals surface area contributed by atoms with Crippen molar-refractivity contribution in [3.05, 3.63) is 86.4 Å². The smallest absolute Gasteiger partial charge is 0.268 e. The molecule has 0 saturated carbocycles.